The number of rotatable bonds is 7. The van der Waals surface area contributed by atoms with Crippen molar-refractivity contribution in [1.82, 2.24) is 5.32 Å². The van der Waals surface area contributed by atoms with Crippen LogP contribution < -0.4 is 5.32 Å². The molecule has 0 saturated carbocycles. The Hall–Kier alpha value is -1.89. The number of hydrogen-bond donors (Lipinski definition) is 3. The highest BCUT2D eigenvalue weighted by Crippen LogP contribution is 2.11. The van der Waals surface area contributed by atoms with E-state index in [4.69, 9.17) is 10.2 Å². The molecule has 0 aliphatic carbocycles. The van der Waals surface area contributed by atoms with Crippen LogP contribution in [-0.2, 0) is 20.8 Å². The Balaban J connectivity index is 2.55. The van der Waals surface area contributed by atoms with Crippen molar-refractivity contribution in [3.8, 4) is 0 Å². The summed E-state index contributed by atoms with van der Waals surface area (Å²) in [6.45, 7) is 0. The van der Waals surface area contributed by atoms with Crippen molar-refractivity contribution in [1.29, 1.82) is 0 Å². The third kappa shape index (κ3) is 5.83. The molecule has 0 radical (unpaired) electrons. The molecule has 0 heterocycles. The van der Waals surface area contributed by atoms with Gasteiger partial charge in [0.1, 0.15) is 6.04 Å². The summed E-state index contributed by atoms with van der Waals surface area (Å²) in [6, 6.07) is 5.87. The zero-order valence-corrected chi connectivity index (χ0v) is 12.1. The quantitative estimate of drug-likeness (QED) is 0.694. The van der Waals surface area contributed by atoms with Crippen LogP contribution in [0.1, 0.15) is 18.4 Å². The zero-order valence-electron chi connectivity index (χ0n) is 10.5. The highest BCUT2D eigenvalue weighted by atomic mass is 79.9. The molecular weight excluding hydrogens is 330 g/mol. The molecule has 0 aliphatic heterocycles. The molecule has 0 fully saturated rings. The van der Waals surface area contributed by atoms with Crippen LogP contribution in [0.5, 0.6) is 0 Å². The van der Waals surface area contributed by atoms with E-state index in [-0.39, 0.29) is 19.3 Å². The fraction of sp³-hybridized carbons (Fsp3) is 0.308. The van der Waals surface area contributed by atoms with E-state index in [0.717, 1.165) is 10.0 Å². The van der Waals surface area contributed by atoms with Crippen LogP contribution in [0.25, 0.3) is 0 Å². The molecule has 0 aliphatic rings. The molecule has 1 atom stereocenters. The molecule has 1 aromatic rings. The molecule has 7 heteroatoms. The molecular formula is C13H14BrNO5. The van der Waals surface area contributed by atoms with Gasteiger partial charge in [-0.05, 0) is 24.1 Å². The van der Waals surface area contributed by atoms with Crippen molar-refractivity contribution in [2.75, 3.05) is 0 Å². The van der Waals surface area contributed by atoms with Gasteiger partial charge in [-0.25, -0.2) is 4.79 Å². The molecule has 0 saturated heterocycles. The zero-order chi connectivity index (χ0) is 15.1. The first-order valence-electron chi connectivity index (χ1n) is 5.87. The number of carboxylic acids is 2. The van der Waals surface area contributed by atoms with E-state index in [1.54, 1.807) is 24.3 Å². The lowest BCUT2D eigenvalue weighted by atomic mass is 10.1. The van der Waals surface area contributed by atoms with Crippen molar-refractivity contribution >= 4 is 33.8 Å². The number of aliphatic carboxylic acids is 2. The highest BCUT2D eigenvalue weighted by Gasteiger charge is 2.20. The van der Waals surface area contributed by atoms with E-state index in [9.17, 15) is 14.4 Å². The number of hydrogen-bond acceptors (Lipinski definition) is 3. The topological polar surface area (TPSA) is 104 Å². The summed E-state index contributed by atoms with van der Waals surface area (Å²) in [5, 5.41) is 19.8. The molecule has 3 N–H and O–H groups in total. The van der Waals surface area contributed by atoms with Gasteiger partial charge in [0.25, 0.3) is 0 Å². The third-order valence-electron chi connectivity index (χ3n) is 2.56. The van der Waals surface area contributed by atoms with Crippen LogP contribution >= 0.6 is 15.9 Å². The fourth-order valence-electron chi connectivity index (χ4n) is 1.56. The molecule has 20 heavy (non-hydrogen) atoms. The van der Waals surface area contributed by atoms with Gasteiger partial charge in [-0.2, -0.15) is 0 Å². The van der Waals surface area contributed by atoms with E-state index >= 15 is 0 Å². The van der Waals surface area contributed by atoms with Gasteiger partial charge in [-0.1, -0.05) is 28.1 Å². The Kier molecular flexibility index (Phi) is 6.17. The van der Waals surface area contributed by atoms with E-state index < -0.39 is 23.9 Å². The summed E-state index contributed by atoms with van der Waals surface area (Å²) in [5.41, 5.74) is 0.744. The highest BCUT2D eigenvalue weighted by molar-refractivity contribution is 9.10. The first-order chi connectivity index (χ1) is 9.38. The fourth-order valence-corrected chi connectivity index (χ4v) is 1.82. The van der Waals surface area contributed by atoms with Gasteiger partial charge in [0.05, 0.1) is 6.42 Å². The second-order valence-corrected chi connectivity index (χ2v) is 5.11. The third-order valence-corrected chi connectivity index (χ3v) is 3.09. The van der Waals surface area contributed by atoms with Crippen LogP contribution in [0.15, 0.2) is 28.7 Å². The average Bonchev–Trinajstić information content (AvgIpc) is 2.36. The number of carbonyl (C=O) groups is 3. The first kappa shape index (κ1) is 16.2. The largest absolute Gasteiger partial charge is 0.481 e. The Morgan fingerprint density at radius 1 is 1.15 bits per heavy atom. The normalized spacial score (nSPS) is 11.7. The van der Waals surface area contributed by atoms with E-state index in [0.29, 0.717) is 0 Å². The minimum absolute atomic E-state index is 0.0458. The van der Waals surface area contributed by atoms with Gasteiger partial charge in [0, 0.05) is 10.9 Å². The van der Waals surface area contributed by atoms with E-state index in [1.807, 2.05) is 0 Å². The summed E-state index contributed by atoms with van der Waals surface area (Å²) in [6.07, 6.45) is -0.406. The van der Waals surface area contributed by atoms with Crippen molar-refractivity contribution in [3.63, 3.8) is 0 Å². The second kappa shape index (κ2) is 7.64. The summed E-state index contributed by atoms with van der Waals surface area (Å²) in [5.74, 6) is -2.79. The number of amides is 1. The van der Waals surface area contributed by atoms with Crippen LogP contribution in [0.3, 0.4) is 0 Å². The number of carbonyl (C=O) groups excluding carboxylic acids is 1. The molecule has 0 aromatic heterocycles. The Morgan fingerprint density at radius 2 is 1.75 bits per heavy atom. The van der Waals surface area contributed by atoms with Crippen molar-refractivity contribution in [3.05, 3.63) is 34.3 Å². The van der Waals surface area contributed by atoms with Gasteiger partial charge in [0.2, 0.25) is 5.91 Å². The molecule has 0 bridgehead atoms. The van der Waals surface area contributed by atoms with Crippen molar-refractivity contribution < 1.29 is 24.6 Å². The van der Waals surface area contributed by atoms with Gasteiger partial charge < -0.3 is 15.5 Å². The number of nitrogens with one attached hydrogen (secondary N) is 1. The maximum atomic E-state index is 11.7. The van der Waals surface area contributed by atoms with Crippen LogP contribution in [0.4, 0.5) is 0 Å². The maximum Gasteiger partial charge on any atom is 0.326 e. The Bertz CT molecular complexity index is 500. The monoisotopic (exact) mass is 343 g/mol. The standard InChI is InChI=1S/C13H14BrNO5/c14-9-3-1-8(2-4-9)7-11(16)15-10(13(19)20)5-6-12(17)18/h1-4,10H,5-7H2,(H,15,16)(H,17,18)(H,19,20)/t10-/m0/s1. The molecule has 108 valence electrons. The lowest BCUT2D eigenvalue weighted by Gasteiger charge is -2.13. The molecule has 1 aromatic carbocycles. The maximum absolute atomic E-state index is 11.7. The van der Waals surface area contributed by atoms with Gasteiger partial charge >= 0.3 is 11.9 Å². The minimum Gasteiger partial charge on any atom is -0.481 e. The SMILES string of the molecule is O=C(O)CC[C@H](NC(=O)Cc1ccc(Br)cc1)C(=O)O. The molecule has 0 spiro atoms. The lowest BCUT2D eigenvalue weighted by molar-refractivity contribution is -0.143. The smallest absolute Gasteiger partial charge is 0.326 e. The second-order valence-electron chi connectivity index (χ2n) is 4.19. The van der Waals surface area contributed by atoms with Crippen molar-refractivity contribution in [2.24, 2.45) is 0 Å². The predicted molar refractivity (Wildman–Crippen MR) is 74.3 cm³/mol. The van der Waals surface area contributed by atoms with Crippen LogP contribution in [0, 0.1) is 0 Å². The van der Waals surface area contributed by atoms with Crippen LogP contribution in [0.2, 0.25) is 0 Å². The van der Waals surface area contributed by atoms with E-state index in [1.165, 1.54) is 0 Å². The first-order valence-corrected chi connectivity index (χ1v) is 6.66. The number of carboxylic acid groups (broad SMARTS) is 2. The van der Waals surface area contributed by atoms with E-state index in [2.05, 4.69) is 21.2 Å². The predicted octanol–water partition coefficient (Wildman–Crippen LogP) is 1.43. The number of halogens is 1. The summed E-state index contributed by atoms with van der Waals surface area (Å²) in [7, 11) is 0. The van der Waals surface area contributed by atoms with Gasteiger partial charge in [-0.15, -0.1) is 0 Å². The summed E-state index contributed by atoms with van der Waals surface area (Å²) in [4.78, 5) is 33.1. The molecule has 1 amide bonds. The molecule has 6 nitrogen and oxygen atoms in total. The molecule has 1 rings (SSSR count). The number of benzene rings is 1. The minimum atomic E-state index is -1.24. The Labute approximate surface area is 123 Å². The molecule has 0 unspecified atom stereocenters. The van der Waals surface area contributed by atoms with Crippen LogP contribution in [-0.4, -0.2) is 34.1 Å². The average molecular weight is 344 g/mol. The summed E-state index contributed by atoms with van der Waals surface area (Å²) >= 11 is 3.27. The van der Waals surface area contributed by atoms with Gasteiger partial charge in [-0.3, -0.25) is 9.59 Å². The van der Waals surface area contributed by atoms with Crippen molar-refractivity contribution in [2.45, 2.75) is 25.3 Å². The Morgan fingerprint density at radius 3 is 2.25 bits per heavy atom. The van der Waals surface area contributed by atoms with Gasteiger partial charge in [0.15, 0.2) is 0 Å². The summed E-state index contributed by atoms with van der Waals surface area (Å²) < 4.78 is 0.881. The lowest BCUT2D eigenvalue weighted by Crippen LogP contribution is -2.41.